The number of anilines is 1. The van der Waals surface area contributed by atoms with E-state index in [1.165, 1.54) is 18.3 Å². The Hall–Kier alpha value is -3.35. The second-order valence-electron chi connectivity index (χ2n) is 5.63. The summed E-state index contributed by atoms with van der Waals surface area (Å²) in [4.78, 5) is 24.6. The van der Waals surface area contributed by atoms with Crippen LogP contribution >= 0.6 is 0 Å². The number of pyridine rings is 3. The van der Waals surface area contributed by atoms with Crippen LogP contribution in [0.3, 0.4) is 0 Å². The Morgan fingerprint density at radius 3 is 2.69 bits per heavy atom. The molecule has 6 nitrogen and oxygen atoms in total. The Bertz CT molecular complexity index is 929. The molecule has 0 aliphatic heterocycles. The van der Waals surface area contributed by atoms with E-state index in [0.29, 0.717) is 17.3 Å². The van der Waals surface area contributed by atoms with Crippen LogP contribution in [0.25, 0.3) is 0 Å². The molecule has 1 amide bonds. The highest BCUT2D eigenvalue weighted by Crippen LogP contribution is 2.23. The Labute approximate surface area is 150 Å². The molecule has 0 atom stereocenters. The number of hydrogen-bond donors (Lipinski definition) is 1. The van der Waals surface area contributed by atoms with Gasteiger partial charge in [0.15, 0.2) is 0 Å². The molecule has 3 heterocycles. The first-order valence-electron chi connectivity index (χ1n) is 8.07. The van der Waals surface area contributed by atoms with Gasteiger partial charge in [0.2, 0.25) is 0 Å². The molecule has 1 N–H and O–H groups in total. The summed E-state index contributed by atoms with van der Waals surface area (Å²) < 4.78 is 18.8. The van der Waals surface area contributed by atoms with Gasteiger partial charge < -0.3 is 10.1 Å². The molecule has 3 aromatic rings. The van der Waals surface area contributed by atoms with Gasteiger partial charge in [0.05, 0.1) is 12.4 Å². The molecule has 0 saturated carbocycles. The van der Waals surface area contributed by atoms with E-state index in [4.69, 9.17) is 4.74 Å². The van der Waals surface area contributed by atoms with Crippen molar-refractivity contribution >= 4 is 11.7 Å². The fraction of sp³-hybridized carbons (Fsp3) is 0.158. The summed E-state index contributed by atoms with van der Waals surface area (Å²) in [5, 5.41) is 2.70. The van der Waals surface area contributed by atoms with Gasteiger partial charge in [-0.2, -0.15) is 0 Å². The summed E-state index contributed by atoms with van der Waals surface area (Å²) in [6, 6.07) is 7.98. The van der Waals surface area contributed by atoms with E-state index >= 15 is 0 Å². The minimum absolute atomic E-state index is 0.172. The van der Waals surface area contributed by atoms with Crippen molar-refractivity contribution in [2.24, 2.45) is 0 Å². The molecule has 132 valence electrons. The van der Waals surface area contributed by atoms with Crippen LogP contribution in [0.15, 0.2) is 48.9 Å². The van der Waals surface area contributed by atoms with Crippen LogP contribution in [-0.2, 0) is 6.42 Å². The molecule has 3 rings (SSSR count). The van der Waals surface area contributed by atoms with Crippen LogP contribution in [0.4, 0.5) is 10.2 Å². The first-order chi connectivity index (χ1) is 12.5. The van der Waals surface area contributed by atoms with E-state index in [2.05, 4.69) is 20.3 Å². The van der Waals surface area contributed by atoms with Crippen LogP contribution in [-0.4, -0.2) is 20.9 Å². The average molecular weight is 352 g/mol. The normalized spacial score (nSPS) is 10.4. The summed E-state index contributed by atoms with van der Waals surface area (Å²) in [5.41, 5.74) is 1.84. The van der Waals surface area contributed by atoms with Gasteiger partial charge in [-0.25, -0.2) is 14.4 Å². The van der Waals surface area contributed by atoms with Crippen LogP contribution < -0.4 is 10.1 Å². The molecule has 0 fully saturated rings. The van der Waals surface area contributed by atoms with Gasteiger partial charge in [0, 0.05) is 30.1 Å². The number of aryl methyl sites for hydroxylation is 2. The highest BCUT2D eigenvalue weighted by atomic mass is 19.1. The van der Waals surface area contributed by atoms with Gasteiger partial charge in [-0.15, -0.1) is 0 Å². The number of ether oxygens (including phenoxy) is 1. The van der Waals surface area contributed by atoms with Crippen LogP contribution in [0.5, 0.6) is 11.5 Å². The molecule has 0 bridgehead atoms. The number of amides is 1. The zero-order chi connectivity index (χ0) is 18.5. The number of aromatic nitrogens is 3. The molecular formula is C19H17FN4O2. The molecule has 26 heavy (non-hydrogen) atoms. The fourth-order valence-electron chi connectivity index (χ4n) is 2.28. The monoisotopic (exact) mass is 352 g/mol. The SMILES string of the molecule is CCc1ccc(NC(=O)c2cc(Oc3cncc(F)c3)cc(C)n2)nc1. The first kappa shape index (κ1) is 17.5. The Kier molecular flexibility index (Phi) is 5.17. The first-order valence-corrected chi connectivity index (χ1v) is 8.07. The van der Waals surface area contributed by atoms with Gasteiger partial charge in [-0.05, 0) is 25.0 Å². The summed E-state index contributed by atoms with van der Waals surface area (Å²) >= 11 is 0. The van der Waals surface area contributed by atoms with Crippen molar-refractivity contribution in [3.05, 3.63) is 71.7 Å². The highest BCUT2D eigenvalue weighted by molar-refractivity contribution is 6.02. The van der Waals surface area contributed by atoms with Gasteiger partial charge in [-0.1, -0.05) is 13.0 Å². The van der Waals surface area contributed by atoms with Crippen molar-refractivity contribution in [3.63, 3.8) is 0 Å². The molecule has 0 aliphatic rings. The Morgan fingerprint density at radius 2 is 2.00 bits per heavy atom. The number of hydrogen-bond acceptors (Lipinski definition) is 5. The third kappa shape index (κ3) is 4.38. The maximum absolute atomic E-state index is 13.2. The summed E-state index contributed by atoms with van der Waals surface area (Å²) in [7, 11) is 0. The summed E-state index contributed by atoms with van der Waals surface area (Å²) in [6.07, 6.45) is 5.05. The number of nitrogens with zero attached hydrogens (tertiary/aromatic N) is 3. The lowest BCUT2D eigenvalue weighted by molar-refractivity contribution is 0.102. The quantitative estimate of drug-likeness (QED) is 0.753. The zero-order valence-electron chi connectivity index (χ0n) is 14.4. The second kappa shape index (κ2) is 7.69. The lowest BCUT2D eigenvalue weighted by Crippen LogP contribution is -2.15. The van der Waals surface area contributed by atoms with Gasteiger partial charge in [0.25, 0.3) is 5.91 Å². The number of halogens is 1. The van der Waals surface area contributed by atoms with E-state index in [1.54, 1.807) is 25.3 Å². The molecule has 0 spiro atoms. The third-order valence-corrected chi connectivity index (χ3v) is 3.55. The van der Waals surface area contributed by atoms with Crippen LogP contribution in [0, 0.1) is 12.7 Å². The van der Waals surface area contributed by atoms with Crippen LogP contribution in [0.1, 0.15) is 28.7 Å². The van der Waals surface area contributed by atoms with Crippen molar-refractivity contribution < 1.29 is 13.9 Å². The number of nitrogens with one attached hydrogen (secondary N) is 1. The zero-order valence-corrected chi connectivity index (χ0v) is 14.4. The minimum atomic E-state index is -0.507. The largest absolute Gasteiger partial charge is 0.455 e. The topological polar surface area (TPSA) is 77.0 Å². The molecule has 0 aromatic carbocycles. The molecule has 3 aromatic heterocycles. The lowest BCUT2D eigenvalue weighted by atomic mass is 10.2. The number of rotatable bonds is 5. The molecule has 7 heteroatoms. The average Bonchev–Trinajstić information content (AvgIpc) is 2.62. The van der Waals surface area contributed by atoms with E-state index in [1.807, 2.05) is 13.0 Å². The number of carbonyl (C=O) groups excluding carboxylic acids is 1. The molecular weight excluding hydrogens is 335 g/mol. The van der Waals surface area contributed by atoms with Gasteiger partial charge in [0.1, 0.15) is 28.8 Å². The minimum Gasteiger partial charge on any atom is -0.455 e. The maximum Gasteiger partial charge on any atom is 0.275 e. The second-order valence-corrected chi connectivity index (χ2v) is 5.63. The van der Waals surface area contributed by atoms with Crippen molar-refractivity contribution in [1.82, 2.24) is 15.0 Å². The number of carbonyl (C=O) groups is 1. The van der Waals surface area contributed by atoms with Gasteiger partial charge in [-0.3, -0.25) is 9.78 Å². The molecule has 0 radical (unpaired) electrons. The van der Waals surface area contributed by atoms with Crippen LogP contribution in [0.2, 0.25) is 0 Å². The van der Waals surface area contributed by atoms with Crippen molar-refractivity contribution in [2.75, 3.05) is 5.32 Å². The van der Waals surface area contributed by atoms with E-state index in [9.17, 15) is 9.18 Å². The fourth-order valence-corrected chi connectivity index (χ4v) is 2.28. The smallest absolute Gasteiger partial charge is 0.275 e. The van der Waals surface area contributed by atoms with Gasteiger partial charge >= 0.3 is 0 Å². The van der Waals surface area contributed by atoms with E-state index in [-0.39, 0.29) is 11.4 Å². The third-order valence-electron chi connectivity index (χ3n) is 3.55. The van der Waals surface area contributed by atoms with Crippen molar-refractivity contribution in [3.8, 4) is 11.5 Å². The Morgan fingerprint density at radius 1 is 1.15 bits per heavy atom. The maximum atomic E-state index is 13.2. The highest BCUT2D eigenvalue weighted by Gasteiger charge is 2.12. The summed E-state index contributed by atoms with van der Waals surface area (Å²) in [6.45, 7) is 3.77. The van der Waals surface area contributed by atoms with E-state index < -0.39 is 11.7 Å². The summed E-state index contributed by atoms with van der Waals surface area (Å²) in [5.74, 6) is 0.121. The van der Waals surface area contributed by atoms with Crippen molar-refractivity contribution in [2.45, 2.75) is 20.3 Å². The predicted octanol–water partition coefficient (Wildman–Crippen LogP) is 3.93. The Balaban J connectivity index is 1.78. The van der Waals surface area contributed by atoms with E-state index in [0.717, 1.165) is 18.2 Å². The molecule has 0 saturated heterocycles. The lowest BCUT2D eigenvalue weighted by Gasteiger charge is -2.09. The van der Waals surface area contributed by atoms with Crippen molar-refractivity contribution in [1.29, 1.82) is 0 Å². The molecule has 0 unspecified atom stereocenters. The standard InChI is InChI=1S/C19H17FN4O2/c1-3-13-4-5-18(22-9-13)24-19(25)17-8-15(6-12(2)23-17)26-16-7-14(20)10-21-11-16/h4-11H,3H2,1-2H3,(H,22,24,25). The molecule has 0 aliphatic carbocycles. The predicted molar refractivity (Wildman–Crippen MR) is 94.8 cm³/mol.